The molecule has 1 atom stereocenters. The molecule has 33 valence electrons. The molecule has 0 aromatic carbocycles. The molecule has 0 fully saturated rings. The van der Waals surface area contributed by atoms with Crippen molar-refractivity contribution in [3.63, 3.8) is 0 Å². The molecule has 0 bridgehead atoms. The van der Waals surface area contributed by atoms with Crippen LogP contribution in [0.25, 0.3) is 0 Å². The van der Waals surface area contributed by atoms with Crippen LogP contribution in [0, 0.1) is 0 Å². The topological polar surface area (TPSA) is 0 Å². The molecule has 0 aliphatic rings. The Bertz CT molecular complexity index is 8.00. The third kappa shape index (κ3) is 8.83. The maximum absolute atomic E-state index is 0. The average molecular weight is 294 g/mol. The van der Waals surface area contributed by atoms with E-state index < -0.39 is 0 Å². The summed E-state index contributed by atoms with van der Waals surface area (Å²) in [6.07, 6.45) is 0. The van der Waals surface area contributed by atoms with Crippen molar-refractivity contribution in [2.75, 3.05) is 0 Å². The first-order valence-electron chi connectivity index (χ1n) is 0. The Morgan fingerprint density at radius 1 is 1.00 bits per heavy atom. The predicted octanol–water partition coefficient (Wildman–Crippen LogP) is -1.02. The molecule has 1 radical (unpaired) electrons. The zero-order chi connectivity index (χ0) is 0. The van der Waals surface area contributed by atoms with E-state index >= 15 is 0 Å². The fourth-order valence-electron chi connectivity index (χ4n) is 0. The van der Waals surface area contributed by atoms with Crippen molar-refractivity contribution < 1.29 is 22.4 Å². The minimum absolute atomic E-state index is 0. The van der Waals surface area contributed by atoms with Crippen molar-refractivity contribution in [1.29, 1.82) is 0 Å². The van der Waals surface area contributed by atoms with E-state index in [2.05, 4.69) is 0 Å². The number of rotatable bonds is 0. The van der Waals surface area contributed by atoms with Crippen LogP contribution in [0.15, 0.2) is 0 Å². The Labute approximate surface area is 70.9 Å². The maximum atomic E-state index is 0. The summed E-state index contributed by atoms with van der Waals surface area (Å²) in [5, 5.41) is 0. The molecule has 0 N–H and O–H groups in total. The predicted molar refractivity (Wildman–Crippen MR) is 31.4 cm³/mol. The van der Waals surface area contributed by atoms with E-state index in [1.165, 1.54) is 0 Å². The molecule has 0 heterocycles. The second kappa shape index (κ2) is 18.2. The Kier molecular flexibility index (Phi) is 148. The average Bonchev–Trinajstić information content (AvgIpc) is 0. The van der Waals surface area contributed by atoms with Crippen molar-refractivity contribution in [3.05, 3.63) is 0 Å². The summed E-state index contributed by atoms with van der Waals surface area (Å²) in [7, 11) is 0. The summed E-state index contributed by atoms with van der Waals surface area (Å²) in [4.78, 5) is 0. The van der Waals surface area contributed by atoms with Gasteiger partial charge in [0.2, 0.25) is 0 Å². The molecule has 0 rings (SSSR count). The van der Waals surface area contributed by atoms with Gasteiger partial charge in [0.05, 0.1) is 0 Å². The first kappa shape index (κ1) is 32.5. The molecule has 0 saturated heterocycles. The minimum atomic E-state index is 0. The first-order valence-corrected chi connectivity index (χ1v) is 0. The standard InChI is InChI=1S/Ag.In.H3P.H2S.3H/h;;1H3;1H2;;;. The number of hydrogen-bond donors (Lipinski definition) is 0. The fraction of sp³-hybridized carbons (Fsp3) is 0. The Hall–Kier alpha value is 2.39. The van der Waals surface area contributed by atoms with Crippen LogP contribution in [0.4, 0.5) is 0 Å². The molecule has 4 heavy (non-hydrogen) atoms. The molecule has 0 saturated carbocycles. The monoisotopic (exact) mass is 293 g/mol. The second-order valence-electron chi connectivity index (χ2n) is 0. The third-order valence-electron chi connectivity index (χ3n) is 0. The Balaban J connectivity index is 0. The van der Waals surface area contributed by atoms with Gasteiger partial charge in [-0.3, -0.25) is 0 Å². The molecule has 0 aromatic rings. The zero-order valence-electron chi connectivity index (χ0n) is 1.51. The van der Waals surface area contributed by atoms with Crippen LogP contribution < -0.4 is 0 Å². The van der Waals surface area contributed by atoms with Crippen molar-refractivity contribution in [1.82, 2.24) is 0 Å². The van der Waals surface area contributed by atoms with Gasteiger partial charge in [0.1, 0.15) is 0 Å². The van der Waals surface area contributed by atoms with Crippen molar-refractivity contribution >= 4 is 49.2 Å². The molecule has 4 heteroatoms. The first-order chi connectivity index (χ1) is 0. The second-order valence-corrected chi connectivity index (χ2v) is 0. The van der Waals surface area contributed by atoms with Gasteiger partial charge in [0.15, 0.2) is 0 Å². The SMILES string of the molecule is P.S.[Ag].[InH3]. The molecule has 0 nitrogen and oxygen atoms in total. The summed E-state index contributed by atoms with van der Waals surface area (Å²) < 4.78 is 0. The third-order valence-corrected chi connectivity index (χ3v) is 0. The van der Waals surface area contributed by atoms with E-state index in [1.807, 2.05) is 0 Å². The molecular weight excluding hydrogens is 286 g/mol. The van der Waals surface area contributed by atoms with E-state index in [-0.39, 0.29) is 71.6 Å². The van der Waals surface area contributed by atoms with Crippen molar-refractivity contribution in [2.45, 2.75) is 0 Å². The Morgan fingerprint density at radius 3 is 1.00 bits per heavy atom. The van der Waals surface area contributed by atoms with Gasteiger partial charge in [0, 0.05) is 22.4 Å². The van der Waals surface area contributed by atoms with Gasteiger partial charge in [-0.15, -0.1) is 0 Å². The van der Waals surface area contributed by atoms with E-state index in [4.69, 9.17) is 0 Å². The normalized spacial score (nSPS) is 0. The van der Waals surface area contributed by atoms with Crippen LogP contribution in [0.5, 0.6) is 0 Å². The molecular formula is H8AgInPS. The van der Waals surface area contributed by atoms with Crippen LogP contribution in [0.3, 0.4) is 0 Å². The fourth-order valence-corrected chi connectivity index (χ4v) is 0. The van der Waals surface area contributed by atoms with Crippen LogP contribution in [0.2, 0.25) is 0 Å². The molecule has 0 amide bonds. The summed E-state index contributed by atoms with van der Waals surface area (Å²) in [6.45, 7) is 0. The van der Waals surface area contributed by atoms with Crippen molar-refractivity contribution in [2.24, 2.45) is 0 Å². The summed E-state index contributed by atoms with van der Waals surface area (Å²) in [5.74, 6) is 0. The van der Waals surface area contributed by atoms with Gasteiger partial charge in [-0.1, -0.05) is 0 Å². The van der Waals surface area contributed by atoms with E-state index in [1.54, 1.807) is 0 Å². The van der Waals surface area contributed by atoms with E-state index in [9.17, 15) is 0 Å². The van der Waals surface area contributed by atoms with E-state index in [0.29, 0.717) is 0 Å². The summed E-state index contributed by atoms with van der Waals surface area (Å²) >= 11 is 0. The van der Waals surface area contributed by atoms with Gasteiger partial charge >= 0.3 is 25.8 Å². The summed E-state index contributed by atoms with van der Waals surface area (Å²) in [6, 6.07) is 0. The van der Waals surface area contributed by atoms with Gasteiger partial charge in [-0.05, 0) is 0 Å². The number of hydrogen-bond acceptors (Lipinski definition) is 0. The molecule has 0 spiro atoms. The van der Waals surface area contributed by atoms with Crippen molar-refractivity contribution in [3.8, 4) is 0 Å². The molecule has 0 aliphatic heterocycles. The Morgan fingerprint density at radius 2 is 1.00 bits per heavy atom. The van der Waals surface area contributed by atoms with Gasteiger partial charge < -0.3 is 0 Å². The van der Waals surface area contributed by atoms with Gasteiger partial charge in [0.25, 0.3) is 0 Å². The van der Waals surface area contributed by atoms with Crippen LogP contribution >= 0.6 is 23.4 Å². The molecule has 1 unspecified atom stereocenters. The van der Waals surface area contributed by atoms with E-state index in [0.717, 1.165) is 0 Å². The molecule has 0 aromatic heterocycles. The zero-order valence-corrected chi connectivity index (χ0v) is 5.41. The van der Waals surface area contributed by atoms with Crippen LogP contribution in [-0.2, 0) is 22.4 Å². The van der Waals surface area contributed by atoms with Gasteiger partial charge in [-0.25, -0.2) is 0 Å². The summed E-state index contributed by atoms with van der Waals surface area (Å²) in [5.41, 5.74) is 0. The van der Waals surface area contributed by atoms with Crippen LogP contribution in [0.1, 0.15) is 0 Å². The van der Waals surface area contributed by atoms with Crippen LogP contribution in [-0.4, -0.2) is 25.8 Å². The quantitative estimate of drug-likeness (QED) is 0.396. The van der Waals surface area contributed by atoms with Gasteiger partial charge in [-0.2, -0.15) is 23.4 Å². The molecule has 0 aliphatic carbocycles.